The van der Waals surface area contributed by atoms with E-state index in [-0.39, 0.29) is 12.3 Å². The van der Waals surface area contributed by atoms with Gasteiger partial charge >= 0.3 is 5.97 Å². The molecule has 26 heavy (non-hydrogen) atoms. The molecule has 1 atom stereocenters. The average Bonchev–Trinajstić information content (AvgIpc) is 3.11. The van der Waals surface area contributed by atoms with Gasteiger partial charge in [-0.2, -0.15) is 0 Å². The van der Waals surface area contributed by atoms with Gasteiger partial charge < -0.3 is 14.7 Å². The fourth-order valence-electron chi connectivity index (χ4n) is 3.41. The van der Waals surface area contributed by atoms with E-state index in [0.717, 1.165) is 36.1 Å². The van der Waals surface area contributed by atoms with Gasteiger partial charge in [0.05, 0.1) is 19.6 Å². The summed E-state index contributed by atoms with van der Waals surface area (Å²) in [6, 6.07) is 10.5. The van der Waals surface area contributed by atoms with Crippen LogP contribution in [0.1, 0.15) is 46.1 Å². The standard InChI is InChI=1S/C20H22N2O4/c1-22(17(12-18(23)24)13-7-4-3-5-8-13)20(25)15-11-14-9-6-10-16(14)21-19(15)26-2/h3-5,7-8,11,17H,6,9-10,12H2,1-2H3,(H,23,24). The number of amides is 1. The summed E-state index contributed by atoms with van der Waals surface area (Å²) in [5.74, 6) is -0.957. The lowest BCUT2D eigenvalue weighted by atomic mass is 10.0. The third-order valence-corrected chi connectivity index (χ3v) is 4.78. The van der Waals surface area contributed by atoms with Crippen LogP contribution in [0.2, 0.25) is 0 Å². The van der Waals surface area contributed by atoms with Crippen LogP contribution in [0.15, 0.2) is 36.4 Å². The number of ether oxygens (including phenoxy) is 1. The quantitative estimate of drug-likeness (QED) is 0.863. The maximum atomic E-state index is 13.1. The smallest absolute Gasteiger partial charge is 0.305 e. The third-order valence-electron chi connectivity index (χ3n) is 4.78. The van der Waals surface area contributed by atoms with Gasteiger partial charge in [0.15, 0.2) is 0 Å². The van der Waals surface area contributed by atoms with Crippen molar-refractivity contribution in [1.29, 1.82) is 0 Å². The molecule has 6 heteroatoms. The first-order valence-corrected chi connectivity index (χ1v) is 8.62. The van der Waals surface area contributed by atoms with E-state index in [1.54, 1.807) is 7.05 Å². The van der Waals surface area contributed by atoms with E-state index in [1.165, 1.54) is 12.0 Å². The second-order valence-corrected chi connectivity index (χ2v) is 6.44. The predicted molar refractivity (Wildman–Crippen MR) is 96.3 cm³/mol. The number of aromatic nitrogens is 1. The van der Waals surface area contributed by atoms with E-state index >= 15 is 0 Å². The Morgan fingerprint density at radius 3 is 2.65 bits per heavy atom. The molecule has 3 rings (SSSR count). The summed E-state index contributed by atoms with van der Waals surface area (Å²) in [7, 11) is 3.11. The summed E-state index contributed by atoms with van der Waals surface area (Å²) in [6.07, 6.45) is 2.63. The molecule has 0 fully saturated rings. The molecule has 0 spiro atoms. The lowest BCUT2D eigenvalue weighted by Crippen LogP contribution is -2.33. The van der Waals surface area contributed by atoms with Gasteiger partial charge in [-0.1, -0.05) is 30.3 Å². The Balaban J connectivity index is 1.96. The number of benzene rings is 1. The molecule has 0 bridgehead atoms. The van der Waals surface area contributed by atoms with E-state index in [0.29, 0.717) is 11.4 Å². The molecule has 1 amide bonds. The average molecular weight is 354 g/mol. The van der Waals surface area contributed by atoms with E-state index in [4.69, 9.17) is 4.74 Å². The number of carboxylic acid groups (broad SMARTS) is 1. The molecule has 1 heterocycles. The molecule has 1 aromatic heterocycles. The van der Waals surface area contributed by atoms with Crippen LogP contribution in [0.4, 0.5) is 0 Å². The third kappa shape index (κ3) is 3.54. The van der Waals surface area contributed by atoms with E-state index in [1.807, 2.05) is 36.4 Å². The first-order valence-electron chi connectivity index (χ1n) is 8.62. The normalized spacial score (nSPS) is 13.8. The number of hydrogen-bond acceptors (Lipinski definition) is 4. The molecule has 0 radical (unpaired) electrons. The van der Waals surface area contributed by atoms with Crippen molar-refractivity contribution in [1.82, 2.24) is 9.88 Å². The Labute approximate surface area is 152 Å². The summed E-state index contributed by atoms with van der Waals surface area (Å²) < 4.78 is 5.33. The zero-order valence-electron chi connectivity index (χ0n) is 14.9. The zero-order valence-corrected chi connectivity index (χ0v) is 14.9. The highest BCUT2D eigenvalue weighted by Crippen LogP contribution is 2.30. The van der Waals surface area contributed by atoms with Crippen LogP contribution >= 0.6 is 0 Å². The minimum absolute atomic E-state index is 0.174. The summed E-state index contributed by atoms with van der Waals surface area (Å²) in [5, 5.41) is 9.30. The van der Waals surface area contributed by atoms with Gasteiger partial charge in [0.2, 0.25) is 5.88 Å². The van der Waals surface area contributed by atoms with Crippen molar-refractivity contribution in [3.05, 3.63) is 58.8 Å². The number of carbonyl (C=O) groups excluding carboxylic acids is 1. The summed E-state index contributed by atoms with van der Waals surface area (Å²) in [4.78, 5) is 30.4. The Morgan fingerprint density at radius 1 is 1.27 bits per heavy atom. The van der Waals surface area contributed by atoms with Crippen molar-refractivity contribution in [3.63, 3.8) is 0 Å². The van der Waals surface area contributed by atoms with Crippen LogP contribution < -0.4 is 4.74 Å². The van der Waals surface area contributed by atoms with Crippen LogP contribution in [0.3, 0.4) is 0 Å². The SMILES string of the molecule is COc1nc2c(cc1C(=O)N(C)C(CC(=O)O)c1ccccc1)CCC2. The molecule has 1 aliphatic carbocycles. The number of fused-ring (bicyclic) bond motifs is 1. The first kappa shape index (κ1) is 17.9. The van der Waals surface area contributed by atoms with E-state index < -0.39 is 12.0 Å². The van der Waals surface area contributed by atoms with Crippen molar-refractivity contribution in [2.75, 3.05) is 14.2 Å². The molecule has 1 aliphatic rings. The van der Waals surface area contributed by atoms with Crippen LogP contribution in [-0.4, -0.2) is 41.0 Å². The predicted octanol–water partition coefficient (Wildman–Crippen LogP) is 2.87. The Hall–Kier alpha value is -2.89. The molecule has 1 N–H and O–H groups in total. The van der Waals surface area contributed by atoms with Crippen molar-refractivity contribution >= 4 is 11.9 Å². The minimum Gasteiger partial charge on any atom is -0.481 e. The summed E-state index contributed by atoms with van der Waals surface area (Å²) in [6.45, 7) is 0. The van der Waals surface area contributed by atoms with Crippen molar-refractivity contribution in [3.8, 4) is 5.88 Å². The number of pyridine rings is 1. The molecule has 6 nitrogen and oxygen atoms in total. The van der Waals surface area contributed by atoms with Crippen LogP contribution in [0, 0.1) is 0 Å². The molecule has 0 aliphatic heterocycles. The van der Waals surface area contributed by atoms with Gasteiger partial charge in [0.1, 0.15) is 5.56 Å². The van der Waals surface area contributed by atoms with E-state index in [9.17, 15) is 14.7 Å². The van der Waals surface area contributed by atoms with Gasteiger partial charge in [-0.15, -0.1) is 0 Å². The van der Waals surface area contributed by atoms with Gasteiger partial charge in [0.25, 0.3) is 5.91 Å². The maximum absolute atomic E-state index is 13.1. The number of aliphatic carboxylic acids is 1. The fourth-order valence-corrected chi connectivity index (χ4v) is 3.41. The molecule has 0 saturated heterocycles. The molecular formula is C20H22N2O4. The number of carbonyl (C=O) groups is 2. The number of methoxy groups -OCH3 is 1. The second-order valence-electron chi connectivity index (χ2n) is 6.44. The Kier molecular flexibility index (Phi) is 5.21. The van der Waals surface area contributed by atoms with E-state index in [2.05, 4.69) is 4.98 Å². The number of carboxylic acids is 1. The molecule has 2 aromatic rings. The molecule has 1 aromatic carbocycles. The van der Waals surface area contributed by atoms with Gasteiger partial charge in [-0.25, -0.2) is 4.98 Å². The minimum atomic E-state index is -0.961. The number of aryl methyl sites for hydroxylation is 2. The first-order chi connectivity index (χ1) is 12.5. The molecule has 1 unspecified atom stereocenters. The topological polar surface area (TPSA) is 79.7 Å². The van der Waals surface area contributed by atoms with Gasteiger partial charge in [-0.05, 0) is 36.5 Å². The lowest BCUT2D eigenvalue weighted by molar-refractivity contribution is -0.138. The zero-order chi connectivity index (χ0) is 18.7. The summed E-state index contributed by atoms with van der Waals surface area (Å²) in [5.41, 5.74) is 3.20. The molecule has 136 valence electrons. The molecule has 0 saturated carbocycles. The van der Waals surface area contributed by atoms with Gasteiger partial charge in [-0.3, -0.25) is 9.59 Å². The summed E-state index contributed by atoms with van der Waals surface area (Å²) >= 11 is 0. The number of hydrogen-bond donors (Lipinski definition) is 1. The monoisotopic (exact) mass is 354 g/mol. The van der Waals surface area contributed by atoms with Gasteiger partial charge in [0, 0.05) is 12.7 Å². The highest BCUT2D eigenvalue weighted by molar-refractivity contribution is 5.97. The highest BCUT2D eigenvalue weighted by atomic mass is 16.5. The molecular weight excluding hydrogens is 332 g/mol. The number of rotatable bonds is 6. The second kappa shape index (κ2) is 7.56. The maximum Gasteiger partial charge on any atom is 0.305 e. The number of nitrogens with zero attached hydrogens (tertiary/aromatic N) is 2. The fraction of sp³-hybridized carbons (Fsp3) is 0.350. The lowest BCUT2D eigenvalue weighted by Gasteiger charge is -2.28. The van der Waals surface area contributed by atoms with Crippen LogP contribution in [0.25, 0.3) is 0 Å². The van der Waals surface area contributed by atoms with Crippen molar-refractivity contribution < 1.29 is 19.4 Å². The Bertz CT molecular complexity index is 820. The van der Waals surface area contributed by atoms with Crippen molar-refractivity contribution in [2.24, 2.45) is 0 Å². The Morgan fingerprint density at radius 2 is 2.00 bits per heavy atom. The van der Waals surface area contributed by atoms with Crippen LogP contribution in [-0.2, 0) is 17.6 Å². The largest absolute Gasteiger partial charge is 0.481 e. The van der Waals surface area contributed by atoms with Crippen molar-refractivity contribution in [2.45, 2.75) is 31.7 Å². The van der Waals surface area contributed by atoms with Crippen LogP contribution in [0.5, 0.6) is 5.88 Å². The highest BCUT2D eigenvalue weighted by Gasteiger charge is 2.29.